The molecule has 1 heterocycles. The summed E-state index contributed by atoms with van der Waals surface area (Å²) >= 11 is 0. The first-order valence-corrected chi connectivity index (χ1v) is 8.24. The highest BCUT2D eigenvalue weighted by Gasteiger charge is 2.16. The summed E-state index contributed by atoms with van der Waals surface area (Å²) in [6.45, 7) is 10.5. The van der Waals surface area contributed by atoms with Gasteiger partial charge in [-0.15, -0.1) is 0 Å². The molecule has 2 unspecified atom stereocenters. The fraction of sp³-hybridized carbons (Fsp3) is 0.667. The molecule has 2 nitrogen and oxygen atoms in total. The van der Waals surface area contributed by atoms with Crippen molar-refractivity contribution in [2.75, 3.05) is 19.6 Å². The Labute approximate surface area is 124 Å². The average molecular weight is 274 g/mol. The number of nitrogens with zero attached hydrogens (tertiary/aromatic N) is 1. The second-order valence-corrected chi connectivity index (χ2v) is 6.30. The number of hydrogen-bond acceptors (Lipinski definition) is 2. The van der Waals surface area contributed by atoms with Crippen molar-refractivity contribution in [2.24, 2.45) is 0 Å². The molecular formula is C18H30N2. The molecule has 0 spiro atoms. The van der Waals surface area contributed by atoms with Crippen molar-refractivity contribution in [3.8, 4) is 0 Å². The lowest BCUT2D eigenvalue weighted by molar-refractivity contribution is 0.203. The summed E-state index contributed by atoms with van der Waals surface area (Å²) < 4.78 is 0. The first-order chi connectivity index (χ1) is 9.69. The second kappa shape index (κ2) is 7.80. The van der Waals surface area contributed by atoms with Crippen LogP contribution in [0.4, 0.5) is 0 Å². The minimum absolute atomic E-state index is 0.482. The van der Waals surface area contributed by atoms with Crippen molar-refractivity contribution < 1.29 is 0 Å². The van der Waals surface area contributed by atoms with Gasteiger partial charge in [-0.3, -0.25) is 0 Å². The van der Waals surface area contributed by atoms with Crippen LogP contribution >= 0.6 is 0 Å². The van der Waals surface area contributed by atoms with E-state index in [0.717, 1.165) is 6.42 Å². The van der Waals surface area contributed by atoms with Gasteiger partial charge in [-0.2, -0.15) is 0 Å². The Morgan fingerprint density at radius 1 is 1.10 bits per heavy atom. The maximum atomic E-state index is 3.81. The van der Waals surface area contributed by atoms with Gasteiger partial charge in [0.15, 0.2) is 0 Å². The summed E-state index contributed by atoms with van der Waals surface area (Å²) in [6.07, 6.45) is 5.32. The van der Waals surface area contributed by atoms with Gasteiger partial charge in [-0.25, -0.2) is 0 Å². The van der Waals surface area contributed by atoms with Crippen molar-refractivity contribution in [3.63, 3.8) is 0 Å². The third kappa shape index (κ3) is 4.60. The normalized spacial score (nSPS) is 19.8. The molecule has 0 aromatic heterocycles. The van der Waals surface area contributed by atoms with E-state index in [1.807, 2.05) is 0 Å². The third-order valence-electron chi connectivity index (χ3n) is 4.35. The van der Waals surface area contributed by atoms with E-state index >= 15 is 0 Å². The second-order valence-electron chi connectivity index (χ2n) is 6.30. The van der Waals surface area contributed by atoms with Crippen LogP contribution in [0.1, 0.15) is 56.7 Å². The van der Waals surface area contributed by atoms with Crippen LogP contribution < -0.4 is 5.32 Å². The Morgan fingerprint density at radius 3 is 2.35 bits per heavy atom. The predicted molar refractivity (Wildman–Crippen MR) is 87.1 cm³/mol. The SMILES string of the molecule is CCC(NC(C)CN1CCCCC1)c1ccc(C)cc1. The van der Waals surface area contributed by atoms with Crippen LogP contribution in [-0.4, -0.2) is 30.6 Å². The van der Waals surface area contributed by atoms with Crippen molar-refractivity contribution in [1.82, 2.24) is 10.2 Å². The Morgan fingerprint density at radius 2 is 1.75 bits per heavy atom. The van der Waals surface area contributed by atoms with Crippen LogP contribution in [0.3, 0.4) is 0 Å². The lowest BCUT2D eigenvalue weighted by Crippen LogP contribution is -2.42. The Hall–Kier alpha value is -0.860. The molecule has 1 fully saturated rings. The van der Waals surface area contributed by atoms with E-state index in [9.17, 15) is 0 Å². The van der Waals surface area contributed by atoms with Crippen LogP contribution in [-0.2, 0) is 0 Å². The maximum Gasteiger partial charge on any atom is 0.0320 e. The van der Waals surface area contributed by atoms with E-state index in [4.69, 9.17) is 0 Å². The fourth-order valence-electron chi connectivity index (χ4n) is 3.17. The van der Waals surface area contributed by atoms with Crippen LogP contribution in [0.5, 0.6) is 0 Å². The summed E-state index contributed by atoms with van der Waals surface area (Å²) in [5.74, 6) is 0. The number of nitrogens with one attached hydrogen (secondary N) is 1. The summed E-state index contributed by atoms with van der Waals surface area (Å²) in [4.78, 5) is 2.61. The van der Waals surface area contributed by atoms with E-state index < -0.39 is 0 Å². The van der Waals surface area contributed by atoms with Gasteiger partial charge < -0.3 is 10.2 Å². The van der Waals surface area contributed by atoms with E-state index in [0.29, 0.717) is 12.1 Å². The van der Waals surface area contributed by atoms with Crippen LogP contribution in [0.2, 0.25) is 0 Å². The largest absolute Gasteiger partial charge is 0.306 e. The smallest absolute Gasteiger partial charge is 0.0320 e. The number of aryl methyl sites for hydroxylation is 1. The Balaban J connectivity index is 1.86. The minimum Gasteiger partial charge on any atom is -0.306 e. The molecule has 1 saturated heterocycles. The van der Waals surface area contributed by atoms with E-state index in [1.54, 1.807) is 0 Å². The Bertz CT molecular complexity index is 379. The zero-order valence-electron chi connectivity index (χ0n) is 13.4. The van der Waals surface area contributed by atoms with Gasteiger partial charge in [-0.1, -0.05) is 43.2 Å². The van der Waals surface area contributed by atoms with Crippen LogP contribution in [0.15, 0.2) is 24.3 Å². The molecule has 2 rings (SSSR count). The molecular weight excluding hydrogens is 244 g/mol. The highest BCUT2D eigenvalue weighted by molar-refractivity contribution is 5.24. The first-order valence-electron chi connectivity index (χ1n) is 8.24. The molecule has 1 N–H and O–H groups in total. The number of hydrogen-bond donors (Lipinski definition) is 1. The molecule has 1 aromatic carbocycles. The molecule has 0 bridgehead atoms. The summed E-state index contributed by atoms with van der Waals surface area (Å²) in [5.41, 5.74) is 2.76. The van der Waals surface area contributed by atoms with Gasteiger partial charge in [0.05, 0.1) is 0 Å². The van der Waals surface area contributed by atoms with Crippen LogP contribution in [0.25, 0.3) is 0 Å². The molecule has 0 saturated carbocycles. The average Bonchev–Trinajstić information content (AvgIpc) is 2.47. The topological polar surface area (TPSA) is 15.3 Å². The standard InChI is InChI=1S/C18H30N2/c1-4-18(17-10-8-15(2)9-11-17)19-16(3)14-20-12-6-5-7-13-20/h8-11,16,18-19H,4-7,12-14H2,1-3H3. The van der Waals surface area contributed by atoms with Gasteiger partial charge in [0.1, 0.15) is 0 Å². The molecule has 20 heavy (non-hydrogen) atoms. The molecule has 112 valence electrons. The number of rotatable bonds is 6. The number of likely N-dealkylation sites (tertiary alicyclic amines) is 1. The van der Waals surface area contributed by atoms with Crippen molar-refractivity contribution >= 4 is 0 Å². The minimum atomic E-state index is 0.482. The van der Waals surface area contributed by atoms with E-state index in [2.05, 4.69) is 55.3 Å². The molecule has 0 amide bonds. The molecule has 1 aliphatic rings. The predicted octanol–water partition coefficient (Wildman–Crippen LogP) is 3.91. The maximum absolute atomic E-state index is 3.81. The fourth-order valence-corrected chi connectivity index (χ4v) is 3.17. The number of benzene rings is 1. The van der Waals surface area contributed by atoms with Gasteiger partial charge >= 0.3 is 0 Å². The quantitative estimate of drug-likeness (QED) is 0.846. The lowest BCUT2D eigenvalue weighted by atomic mass is 10.0. The zero-order valence-corrected chi connectivity index (χ0v) is 13.4. The van der Waals surface area contributed by atoms with E-state index in [1.165, 1.54) is 50.0 Å². The molecule has 0 radical (unpaired) electrons. The van der Waals surface area contributed by atoms with Gasteiger partial charge in [0, 0.05) is 18.6 Å². The molecule has 2 atom stereocenters. The van der Waals surface area contributed by atoms with Gasteiger partial charge in [0.2, 0.25) is 0 Å². The molecule has 2 heteroatoms. The molecule has 0 aliphatic carbocycles. The summed E-state index contributed by atoms with van der Waals surface area (Å²) in [5, 5.41) is 3.81. The van der Waals surface area contributed by atoms with Crippen molar-refractivity contribution in [2.45, 2.75) is 58.5 Å². The van der Waals surface area contributed by atoms with Crippen LogP contribution in [0, 0.1) is 6.92 Å². The highest BCUT2D eigenvalue weighted by atomic mass is 15.2. The molecule has 1 aliphatic heterocycles. The van der Waals surface area contributed by atoms with Gasteiger partial charge in [0.25, 0.3) is 0 Å². The van der Waals surface area contributed by atoms with E-state index in [-0.39, 0.29) is 0 Å². The number of piperidine rings is 1. The molecule has 1 aromatic rings. The third-order valence-corrected chi connectivity index (χ3v) is 4.35. The van der Waals surface area contributed by atoms with Crippen molar-refractivity contribution in [1.29, 1.82) is 0 Å². The first kappa shape index (κ1) is 15.5. The highest BCUT2D eigenvalue weighted by Crippen LogP contribution is 2.18. The summed E-state index contributed by atoms with van der Waals surface area (Å²) in [7, 11) is 0. The lowest BCUT2D eigenvalue weighted by Gasteiger charge is -2.31. The zero-order chi connectivity index (χ0) is 14.4. The van der Waals surface area contributed by atoms with Crippen molar-refractivity contribution in [3.05, 3.63) is 35.4 Å². The van der Waals surface area contributed by atoms with Gasteiger partial charge in [-0.05, 0) is 51.8 Å². The monoisotopic (exact) mass is 274 g/mol. The Kier molecular flexibility index (Phi) is 6.06. The summed E-state index contributed by atoms with van der Waals surface area (Å²) in [6, 6.07) is 10.0.